The van der Waals surface area contributed by atoms with E-state index in [2.05, 4.69) is 24.3 Å². The predicted octanol–water partition coefficient (Wildman–Crippen LogP) is 3.06. The lowest BCUT2D eigenvalue weighted by Gasteiger charge is -2.48. The van der Waals surface area contributed by atoms with Crippen LogP contribution in [0.5, 0.6) is 5.75 Å². The fourth-order valence-electron chi connectivity index (χ4n) is 6.00. The van der Waals surface area contributed by atoms with Crippen molar-refractivity contribution in [2.45, 2.75) is 62.9 Å². The molecule has 1 amide bonds. The van der Waals surface area contributed by atoms with Crippen LogP contribution in [0.1, 0.15) is 59.5 Å². The highest BCUT2D eigenvalue weighted by Gasteiger charge is 2.48. The molecule has 6 heteroatoms. The van der Waals surface area contributed by atoms with Gasteiger partial charge in [0.05, 0.1) is 12.2 Å². The third-order valence-corrected chi connectivity index (χ3v) is 7.96. The number of ether oxygens (including phenoxy) is 1. The van der Waals surface area contributed by atoms with Gasteiger partial charge in [0.15, 0.2) is 0 Å². The average Bonchev–Trinajstić information content (AvgIpc) is 2.87. The van der Waals surface area contributed by atoms with Crippen molar-refractivity contribution in [3.05, 3.63) is 65.2 Å². The van der Waals surface area contributed by atoms with Gasteiger partial charge in [-0.05, 0) is 73.3 Å². The number of likely N-dealkylation sites (tertiary alicyclic amines) is 1. The van der Waals surface area contributed by atoms with Crippen LogP contribution in [0.4, 0.5) is 0 Å². The first-order valence-electron chi connectivity index (χ1n) is 12.2. The van der Waals surface area contributed by atoms with E-state index in [4.69, 9.17) is 10.5 Å². The molecule has 1 aliphatic heterocycles. The average molecular weight is 451 g/mol. The van der Waals surface area contributed by atoms with Gasteiger partial charge in [-0.3, -0.25) is 4.79 Å². The molecule has 0 spiro atoms. The van der Waals surface area contributed by atoms with Gasteiger partial charge >= 0.3 is 0 Å². The number of benzene rings is 2. The number of carbonyl (C=O) groups is 1. The van der Waals surface area contributed by atoms with Crippen molar-refractivity contribution < 1.29 is 19.7 Å². The molecule has 1 heterocycles. The van der Waals surface area contributed by atoms with Gasteiger partial charge in [-0.1, -0.05) is 30.3 Å². The number of aliphatic hydroxyl groups is 2. The van der Waals surface area contributed by atoms with Crippen molar-refractivity contribution in [1.82, 2.24) is 4.90 Å². The number of aliphatic hydroxyl groups excluding tert-OH is 2. The summed E-state index contributed by atoms with van der Waals surface area (Å²) in [5, 5.41) is 20.5. The van der Waals surface area contributed by atoms with Gasteiger partial charge < -0.3 is 25.6 Å². The Kier molecular flexibility index (Phi) is 6.41. The highest BCUT2D eigenvalue weighted by molar-refractivity contribution is 5.94. The Morgan fingerprint density at radius 3 is 2.55 bits per heavy atom. The number of nitrogens with two attached hydrogens (primary N) is 1. The molecule has 0 radical (unpaired) electrons. The second-order valence-electron chi connectivity index (χ2n) is 9.92. The summed E-state index contributed by atoms with van der Waals surface area (Å²) < 4.78 is 6.23. The van der Waals surface area contributed by atoms with Crippen molar-refractivity contribution in [3.8, 4) is 5.75 Å². The summed E-state index contributed by atoms with van der Waals surface area (Å²) in [6, 6.07) is 15.9. The second kappa shape index (κ2) is 9.45. The first kappa shape index (κ1) is 22.4. The zero-order valence-corrected chi connectivity index (χ0v) is 19.0. The van der Waals surface area contributed by atoms with Crippen LogP contribution in [-0.4, -0.2) is 52.4 Å². The van der Waals surface area contributed by atoms with Crippen LogP contribution < -0.4 is 10.5 Å². The molecule has 2 bridgehead atoms. The Bertz CT molecular complexity index is 986. The Labute approximate surface area is 195 Å². The van der Waals surface area contributed by atoms with Gasteiger partial charge in [-0.2, -0.15) is 0 Å². The number of carbonyl (C=O) groups excluding carboxylic acids is 1. The zero-order chi connectivity index (χ0) is 22.9. The maximum Gasteiger partial charge on any atom is 0.253 e. The lowest BCUT2D eigenvalue weighted by atomic mass is 9.65. The summed E-state index contributed by atoms with van der Waals surface area (Å²) in [5.41, 5.74) is 8.89. The summed E-state index contributed by atoms with van der Waals surface area (Å²) in [6.07, 6.45) is 2.97. The minimum Gasteiger partial charge on any atom is -0.490 e. The monoisotopic (exact) mass is 450 g/mol. The van der Waals surface area contributed by atoms with E-state index in [9.17, 15) is 15.0 Å². The van der Waals surface area contributed by atoms with E-state index in [1.54, 1.807) is 0 Å². The van der Waals surface area contributed by atoms with Crippen LogP contribution in [-0.2, 0) is 6.54 Å². The van der Waals surface area contributed by atoms with E-state index in [-0.39, 0.29) is 23.8 Å². The van der Waals surface area contributed by atoms with Crippen LogP contribution in [0.15, 0.2) is 48.5 Å². The quantitative estimate of drug-likeness (QED) is 0.651. The molecule has 4 fully saturated rings. The SMILES string of the molecule is NCc1cccc(C2CCN(C(=O)c3cccc(O[C@H]4CC5CCC4[C@H](O)[C@@H]5O)c3)CC2)c1. The maximum absolute atomic E-state index is 13.2. The van der Waals surface area contributed by atoms with Crippen molar-refractivity contribution in [3.63, 3.8) is 0 Å². The Morgan fingerprint density at radius 1 is 1.00 bits per heavy atom. The number of amides is 1. The summed E-state index contributed by atoms with van der Waals surface area (Å²) in [4.78, 5) is 15.1. The third kappa shape index (κ3) is 4.52. The minimum absolute atomic E-state index is 0.0373. The molecule has 2 unspecified atom stereocenters. The molecule has 6 rings (SSSR count). The van der Waals surface area contributed by atoms with Gasteiger partial charge in [0.2, 0.25) is 0 Å². The van der Waals surface area contributed by atoms with Crippen LogP contribution in [0.3, 0.4) is 0 Å². The van der Waals surface area contributed by atoms with Crippen LogP contribution >= 0.6 is 0 Å². The molecule has 4 N–H and O–H groups in total. The van der Waals surface area contributed by atoms with Gasteiger partial charge in [-0.25, -0.2) is 0 Å². The number of piperidine rings is 1. The van der Waals surface area contributed by atoms with Gasteiger partial charge in [0.25, 0.3) is 5.91 Å². The first-order valence-corrected chi connectivity index (χ1v) is 12.2. The molecule has 5 atom stereocenters. The Hall–Kier alpha value is -2.41. The minimum atomic E-state index is -0.723. The number of nitrogens with zero attached hydrogens (tertiary/aromatic N) is 1. The van der Waals surface area contributed by atoms with E-state index in [0.717, 1.165) is 50.8 Å². The van der Waals surface area contributed by atoms with E-state index >= 15 is 0 Å². The van der Waals surface area contributed by atoms with Gasteiger partial charge in [0.1, 0.15) is 11.9 Å². The summed E-state index contributed by atoms with van der Waals surface area (Å²) in [5.74, 6) is 1.19. The second-order valence-corrected chi connectivity index (χ2v) is 9.92. The van der Waals surface area contributed by atoms with Crippen LogP contribution in [0.2, 0.25) is 0 Å². The molecule has 3 aliphatic carbocycles. The molecule has 33 heavy (non-hydrogen) atoms. The van der Waals surface area contributed by atoms with E-state index in [1.165, 1.54) is 5.56 Å². The fourth-order valence-corrected chi connectivity index (χ4v) is 6.00. The number of rotatable bonds is 5. The maximum atomic E-state index is 13.2. The molecule has 2 aromatic rings. The van der Waals surface area contributed by atoms with Crippen molar-refractivity contribution in [1.29, 1.82) is 0 Å². The van der Waals surface area contributed by atoms with E-state index < -0.39 is 12.2 Å². The molecule has 176 valence electrons. The van der Waals surface area contributed by atoms with E-state index in [1.807, 2.05) is 29.2 Å². The third-order valence-electron chi connectivity index (χ3n) is 7.96. The fraction of sp³-hybridized carbons (Fsp3) is 0.519. The van der Waals surface area contributed by atoms with E-state index in [0.29, 0.717) is 23.8 Å². The molecule has 3 saturated carbocycles. The highest BCUT2D eigenvalue weighted by atomic mass is 16.5. The van der Waals surface area contributed by atoms with Crippen LogP contribution in [0.25, 0.3) is 0 Å². The van der Waals surface area contributed by atoms with Crippen molar-refractivity contribution in [2.24, 2.45) is 17.6 Å². The van der Waals surface area contributed by atoms with Gasteiger partial charge in [0, 0.05) is 31.1 Å². The number of fused-ring (bicyclic) bond motifs is 3. The Morgan fingerprint density at radius 2 is 1.79 bits per heavy atom. The molecule has 2 aromatic carbocycles. The highest BCUT2D eigenvalue weighted by Crippen LogP contribution is 2.43. The molecular formula is C27H34N2O4. The molecule has 1 saturated heterocycles. The smallest absolute Gasteiger partial charge is 0.253 e. The standard InChI is InChI=1S/C27H34N2O4/c28-16-17-3-1-4-19(13-17)18-9-11-29(12-10-18)27(32)21-5-2-6-22(14-21)33-24-15-20-7-8-23(24)26(31)25(20)30/h1-6,13-14,18,20,23-26,30-31H,7-12,15-16,28H2/t20?,23?,24-,25+,26-/m0/s1. The largest absolute Gasteiger partial charge is 0.490 e. The summed E-state index contributed by atoms with van der Waals surface area (Å²) >= 11 is 0. The number of hydrogen-bond donors (Lipinski definition) is 3. The lowest BCUT2D eigenvalue weighted by Crippen LogP contribution is -2.55. The van der Waals surface area contributed by atoms with Crippen molar-refractivity contribution in [2.75, 3.05) is 13.1 Å². The first-order chi connectivity index (χ1) is 16.0. The summed E-state index contributed by atoms with van der Waals surface area (Å²) in [6.45, 7) is 2.02. The van der Waals surface area contributed by atoms with Crippen LogP contribution in [0, 0.1) is 11.8 Å². The molecule has 6 nitrogen and oxygen atoms in total. The normalized spacial score (nSPS) is 29.8. The number of hydrogen-bond acceptors (Lipinski definition) is 5. The topological polar surface area (TPSA) is 96.0 Å². The lowest BCUT2D eigenvalue weighted by molar-refractivity contribution is -0.148. The molecule has 0 aromatic heterocycles. The zero-order valence-electron chi connectivity index (χ0n) is 19.0. The molecule has 4 aliphatic rings. The predicted molar refractivity (Wildman–Crippen MR) is 126 cm³/mol. The van der Waals surface area contributed by atoms with Crippen molar-refractivity contribution >= 4 is 5.91 Å². The van der Waals surface area contributed by atoms with Gasteiger partial charge in [-0.15, -0.1) is 0 Å². The summed E-state index contributed by atoms with van der Waals surface area (Å²) in [7, 11) is 0. The molecular weight excluding hydrogens is 416 g/mol. The Balaban J connectivity index is 1.21.